The molecule has 1 aliphatic heterocycles. The van der Waals surface area contributed by atoms with Crippen molar-refractivity contribution >= 4 is 23.5 Å². The summed E-state index contributed by atoms with van der Waals surface area (Å²) in [5.74, 6) is 0.111. The Bertz CT molecular complexity index is 839. The molecule has 0 bridgehead atoms. The third kappa shape index (κ3) is 3.88. The van der Waals surface area contributed by atoms with Crippen LogP contribution in [0.5, 0.6) is 0 Å². The van der Waals surface area contributed by atoms with E-state index < -0.39 is 5.91 Å². The van der Waals surface area contributed by atoms with Crippen molar-refractivity contribution < 1.29 is 18.9 Å². The van der Waals surface area contributed by atoms with Crippen LogP contribution in [-0.4, -0.2) is 63.8 Å². The Morgan fingerprint density at radius 2 is 1.73 bits per heavy atom. The Hall–Kier alpha value is -3.23. The minimum absolute atomic E-state index is 0.00279. The number of carbonyl (C=O) groups is 3. The SMILES string of the molecule is CC(=O)N1CCN(C(=O)c2cccc(C(=O)Nc3cc(C)on3)n2)CC1. The summed E-state index contributed by atoms with van der Waals surface area (Å²) in [6.45, 7) is 5.09. The number of nitrogens with one attached hydrogen (secondary N) is 1. The van der Waals surface area contributed by atoms with Crippen LogP contribution in [0.2, 0.25) is 0 Å². The molecule has 0 radical (unpaired) electrons. The fourth-order valence-electron chi connectivity index (χ4n) is 2.67. The quantitative estimate of drug-likeness (QED) is 0.875. The molecule has 26 heavy (non-hydrogen) atoms. The number of nitrogens with zero attached hydrogens (tertiary/aromatic N) is 4. The van der Waals surface area contributed by atoms with Crippen LogP contribution in [0.4, 0.5) is 5.82 Å². The van der Waals surface area contributed by atoms with E-state index in [1.54, 1.807) is 34.9 Å². The molecule has 3 heterocycles. The highest BCUT2D eigenvalue weighted by molar-refractivity contribution is 6.03. The molecule has 2 aromatic heterocycles. The molecule has 0 spiro atoms. The highest BCUT2D eigenvalue weighted by Gasteiger charge is 2.24. The van der Waals surface area contributed by atoms with E-state index in [2.05, 4.69) is 15.5 Å². The van der Waals surface area contributed by atoms with E-state index in [0.29, 0.717) is 31.9 Å². The van der Waals surface area contributed by atoms with Crippen LogP contribution in [0.3, 0.4) is 0 Å². The zero-order valence-electron chi connectivity index (χ0n) is 14.6. The molecule has 0 atom stereocenters. The summed E-state index contributed by atoms with van der Waals surface area (Å²) in [5.41, 5.74) is 0.295. The summed E-state index contributed by atoms with van der Waals surface area (Å²) in [6, 6.07) is 6.28. The molecule has 9 heteroatoms. The van der Waals surface area contributed by atoms with Crippen LogP contribution < -0.4 is 5.32 Å². The molecule has 1 N–H and O–H groups in total. The topological polar surface area (TPSA) is 109 Å². The third-order valence-electron chi connectivity index (χ3n) is 4.08. The summed E-state index contributed by atoms with van der Waals surface area (Å²) in [7, 11) is 0. The average molecular weight is 357 g/mol. The summed E-state index contributed by atoms with van der Waals surface area (Å²) < 4.78 is 4.89. The van der Waals surface area contributed by atoms with E-state index in [9.17, 15) is 14.4 Å². The lowest BCUT2D eigenvalue weighted by Gasteiger charge is -2.34. The summed E-state index contributed by atoms with van der Waals surface area (Å²) in [5, 5.41) is 6.26. The van der Waals surface area contributed by atoms with Crippen molar-refractivity contribution in [3.8, 4) is 0 Å². The van der Waals surface area contributed by atoms with Gasteiger partial charge in [0.1, 0.15) is 17.1 Å². The molecule has 136 valence electrons. The van der Waals surface area contributed by atoms with Gasteiger partial charge >= 0.3 is 0 Å². The van der Waals surface area contributed by atoms with Crippen LogP contribution in [0.15, 0.2) is 28.8 Å². The van der Waals surface area contributed by atoms with Gasteiger partial charge in [-0.15, -0.1) is 0 Å². The van der Waals surface area contributed by atoms with Gasteiger partial charge in [0.2, 0.25) is 5.91 Å². The van der Waals surface area contributed by atoms with Gasteiger partial charge < -0.3 is 19.6 Å². The predicted molar refractivity (Wildman–Crippen MR) is 91.6 cm³/mol. The first kappa shape index (κ1) is 17.6. The number of carbonyl (C=O) groups excluding carboxylic acids is 3. The lowest BCUT2D eigenvalue weighted by atomic mass is 10.2. The van der Waals surface area contributed by atoms with Gasteiger partial charge in [-0.1, -0.05) is 11.2 Å². The molecule has 0 aliphatic carbocycles. The van der Waals surface area contributed by atoms with Crippen molar-refractivity contribution in [1.82, 2.24) is 19.9 Å². The lowest BCUT2D eigenvalue weighted by Crippen LogP contribution is -2.50. The highest BCUT2D eigenvalue weighted by atomic mass is 16.5. The van der Waals surface area contributed by atoms with Crippen molar-refractivity contribution in [3.63, 3.8) is 0 Å². The Labute approximate surface area is 150 Å². The van der Waals surface area contributed by atoms with E-state index in [-0.39, 0.29) is 29.0 Å². The van der Waals surface area contributed by atoms with Crippen molar-refractivity contribution in [2.24, 2.45) is 0 Å². The molecule has 0 saturated carbocycles. The fourth-order valence-corrected chi connectivity index (χ4v) is 2.67. The van der Waals surface area contributed by atoms with E-state index >= 15 is 0 Å². The first-order valence-electron chi connectivity index (χ1n) is 8.20. The first-order chi connectivity index (χ1) is 12.4. The minimum atomic E-state index is -0.477. The van der Waals surface area contributed by atoms with Gasteiger partial charge in [-0.3, -0.25) is 14.4 Å². The number of rotatable bonds is 3. The largest absolute Gasteiger partial charge is 0.360 e. The first-order valence-corrected chi connectivity index (χ1v) is 8.20. The molecule has 9 nitrogen and oxygen atoms in total. The van der Waals surface area contributed by atoms with E-state index in [1.165, 1.54) is 13.0 Å². The number of amides is 3. The molecule has 3 rings (SSSR count). The zero-order valence-corrected chi connectivity index (χ0v) is 14.6. The number of piperazine rings is 1. The summed E-state index contributed by atoms with van der Waals surface area (Å²) in [4.78, 5) is 43.7. The highest BCUT2D eigenvalue weighted by Crippen LogP contribution is 2.11. The van der Waals surface area contributed by atoms with Gasteiger partial charge in [0.15, 0.2) is 5.82 Å². The van der Waals surface area contributed by atoms with Gasteiger partial charge in [-0.25, -0.2) is 4.98 Å². The smallest absolute Gasteiger partial charge is 0.275 e. The van der Waals surface area contributed by atoms with Crippen LogP contribution in [0.1, 0.15) is 33.7 Å². The molecule has 1 aliphatic rings. The molecular weight excluding hydrogens is 338 g/mol. The number of anilines is 1. The van der Waals surface area contributed by atoms with Gasteiger partial charge in [0.05, 0.1) is 0 Å². The lowest BCUT2D eigenvalue weighted by molar-refractivity contribution is -0.130. The summed E-state index contributed by atoms with van der Waals surface area (Å²) >= 11 is 0. The van der Waals surface area contributed by atoms with Gasteiger partial charge in [0, 0.05) is 39.2 Å². The van der Waals surface area contributed by atoms with Gasteiger partial charge in [0.25, 0.3) is 11.8 Å². The molecule has 3 amide bonds. The Kier molecular flexibility index (Phi) is 4.97. The predicted octanol–water partition coefficient (Wildman–Crippen LogP) is 0.935. The van der Waals surface area contributed by atoms with E-state index in [0.717, 1.165) is 0 Å². The standard InChI is InChI=1S/C17H19N5O4/c1-11-10-15(20-26-11)19-16(24)13-4-3-5-14(18-13)17(25)22-8-6-21(7-9-22)12(2)23/h3-5,10H,6-9H2,1-2H3,(H,19,20,24). The molecular formula is C17H19N5O4. The summed E-state index contributed by atoms with van der Waals surface area (Å²) in [6.07, 6.45) is 0. The number of aromatic nitrogens is 2. The molecule has 1 saturated heterocycles. The second-order valence-corrected chi connectivity index (χ2v) is 5.98. The van der Waals surface area contributed by atoms with E-state index in [4.69, 9.17) is 4.52 Å². The number of aryl methyl sites for hydroxylation is 1. The molecule has 1 fully saturated rings. The second kappa shape index (κ2) is 7.34. The van der Waals surface area contributed by atoms with Crippen molar-refractivity contribution in [2.75, 3.05) is 31.5 Å². The number of pyridine rings is 1. The maximum Gasteiger partial charge on any atom is 0.275 e. The Morgan fingerprint density at radius 3 is 2.35 bits per heavy atom. The maximum atomic E-state index is 12.6. The fraction of sp³-hybridized carbons (Fsp3) is 0.353. The normalized spacial score (nSPS) is 14.2. The minimum Gasteiger partial charge on any atom is -0.360 e. The zero-order chi connectivity index (χ0) is 18.7. The van der Waals surface area contributed by atoms with Crippen LogP contribution in [0, 0.1) is 6.92 Å². The van der Waals surface area contributed by atoms with E-state index in [1.807, 2.05) is 0 Å². The number of hydrogen-bond donors (Lipinski definition) is 1. The van der Waals surface area contributed by atoms with Gasteiger partial charge in [-0.05, 0) is 19.1 Å². The monoisotopic (exact) mass is 357 g/mol. The average Bonchev–Trinajstić information content (AvgIpc) is 3.06. The Morgan fingerprint density at radius 1 is 1.08 bits per heavy atom. The van der Waals surface area contributed by atoms with Crippen LogP contribution >= 0.6 is 0 Å². The van der Waals surface area contributed by atoms with Crippen molar-refractivity contribution in [1.29, 1.82) is 0 Å². The maximum absolute atomic E-state index is 12.6. The second-order valence-electron chi connectivity index (χ2n) is 5.98. The molecule has 2 aromatic rings. The number of hydrogen-bond acceptors (Lipinski definition) is 6. The van der Waals surface area contributed by atoms with Crippen LogP contribution in [0.25, 0.3) is 0 Å². The molecule has 0 unspecified atom stereocenters. The van der Waals surface area contributed by atoms with Crippen molar-refractivity contribution in [3.05, 3.63) is 41.4 Å². The van der Waals surface area contributed by atoms with Gasteiger partial charge in [-0.2, -0.15) is 0 Å². The molecule has 0 aromatic carbocycles. The van der Waals surface area contributed by atoms with Crippen molar-refractivity contribution in [2.45, 2.75) is 13.8 Å². The third-order valence-corrected chi connectivity index (χ3v) is 4.08. The van der Waals surface area contributed by atoms with Crippen LogP contribution in [-0.2, 0) is 4.79 Å². The Balaban J connectivity index is 1.67.